The van der Waals surface area contributed by atoms with Crippen molar-refractivity contribution >= 4 is 40.8 Å². The standard InChI is InChI=1S/C15H21Cl2N3O2/c1-19(14(21)4-2-8-16)13-10-12(11-6-7-11)18-20(13)15(22)5-3-9-17/h10-11H,2-9H2,1H3. The lowest BCUT2D eigenvalue weighted by Crippen LogP contribution is -2.30. The van der Waals surface area contributed by atoms with Crippen LogP contribution in [0.3, 0.4) is 0 Å². The minimum absolute atomic E-state index is 0.0608. The van der Waals surface area contributed by atoms with Crippen LogP contribution in [0.25, 0.3) is 0 Å². The maximum atomic E-state index is 12.3. The fourth-order valence-corrected chi connectivity index (χ4v) is 2.49. The molecule has 1 heterocycles. The number of anilines is 1. The van der Waals surface area contributed by atoms with Gasteiger partial charge in [0.05, 0.1) is 5.69 Å². The normalized spacial score (nSPS) is 14.1. The van der Waals surface area contributed by atoms with Crippen molar-refractivity contribution in [2.24, 2.45) is 0 Å². The van der Waals surface area contributed by atoms with E-state index in [0.717, 1.165) is 18.5 Å². The van der Waals surface area contributed by atoms with Gasteiger partial charge in [0.25, 0.3) is 0 Å². The van der Waals surface area contributed by atoms with Crippen molar-refractivity contribution in [3.05, 3.63) is 11.8 Å². The zero-order valence-electron chi connectivity index (χ0n) is 12.7. The molecule has 0 aliphatic heterocycles. The van der Waals surface area contributed by atoms with Crippen molar-refractivity contribution in [3.63, 3.8) is 0 Å². The first-order valence-electron chi connectivity index (χ1n) is 7.60. The molecule has 1 aromatic heterocycles. The van der Waals surface area contributed by atoms with Crippen molar-refractivity contribution in [2.75, 3.05) is 23.7 Å². The third-order valence-corrected chi connectivity index (χ3v) is 4.24. The van der Waals surface area contributed by atoms with Gasteiger partial charge >= 0.3 is 0 Å². The molecule has 0 spiro atoms. The first-order valence-corrected chi connectivity index (χ1v) is 8.67. The minimum atomic E-state index is -0.125. The number of aromatic nitrogens is 2. The number of carbonyl (C=O) groups excluding carboxylic acids is 2. The summed E-state index contributed by atoms with van der Waals surface area (Å²) >= 11 is 11.3. The van der Waals surface area contributed by atoms with E-state index in [1.165, 1.54) is 9.58 Å². The molecule has 1 fully saturated rings. The fourth-order valence-electron chi connectivity index (χ4n) is 2.23. The van der Waals surface area contributed by atoms with Crippen LogP contribution < -0.4 is 4.90 Å². The van der Waals surface area contributed by atoms with Crippen LogP contribution in [0, 0.1) is 0 Å². The lowest BCUT2D eigenvalue weighted by Gasteiger charge is -2.17. The van der Waals surface area contributed by atoms with Gasteiger partial charge in [0, 0.05) is 43.6 Å². The molecule has 1 aliphatic rings. The highest BCUT2D eigenvalue weighted by molar-refractivity contribution is 6.18. The number of nitrogens with zero attached hydrogens (tertiary/aromatic N) is 3. The molecule has 1 amide bonds. The Bertz CT molecular complexity index is 541. The van der Waals surface area contributed by atoms with E-state index in [9.17, 15) is 9.59 Å². The summed E-state index contributed by atoms with van der Waals surface area (Å²) in [5, 5.41) is 4.41. The van der Waals surface area contributed by atoms with Crippen LogP contribution in [0.15, 0.2) is 6.07 Å². The molecule has 0 atom stereocenters. The second-order valence-corrected chi connectivity index (χ2v) is 6.30. The summed E-state index contributed by atoms with van der Waals surface area (Å²) < 4.78 is 1.36. The molecule has 0 saturated heterocycles. The molecule has 1 aromatic rings. The maximum absolute atomic E-state index is 12.3. The van der Waals surface area contributed by atoms with E-state index in [4.69, 9.17) is 23.2 Å². The third kappa shape index (κ3) is 4.23. The Hall–Kier alpha value is -1.07. The first-order chi connectivity index (χ1) is 10.6. The maximum Gasteiger partial charge on any atom is 0.248 e. The van der Waals surface area contributed by atoms with E-state index >= 15 is 0 Å². The van der Waals surface area contributed by atoms with Gasteiger partial charge in [-0.25, -0.2) is 0 Å². The van der Waals surface area contributed by atoms with Crippen LogP contribution in [0.5, 0.6) is 0 Å². The Kier molecular flexibility index (Phi) is 6.26. The minimum Gasteiger partial charge on any atom is -0.300 e. The molecule has 7 heteroatoms. The SMILES string of the molecule is CN(C(=O)CCCCl)c1cc(C2CC2)nn1C(=O)CCCCl. The average Bonchev–Trinajstić information content (AvgIpc) is 3.28. The topological polar surface area (TPSA) is 55.2 Å². The molecular formula is C15H21Cl2N3O2. The predicted octanol–water partition coefficient (Wildman–Crippen LogP) is 3.40. The summed E-state index contributed by atoms with van der Waals surface area (Å²) in [6.07, 6.45) is 4.09. The lowest BCUT2D eigenvalue weighted by molar-refractivity contribution is -0.118. The van der Waals surface area contributed by atoms with Crippen LogP contribution in [-0.2, 0) is 4.79 Å². The van der Waals surface area contributed by atoms with Crippen molar-refractivity contribution in [1.29, 1.82) is 0 Å². The van der Waals surface area contributed by atoms with Gasteiger partial charge in [-0.05, 0) is 25.7 Å². The van der Waals surface area contributed by atoms with Crippen LogP contribution in [0.1, 0.15) is 54.9 Å². The number of amides is 1. The van der Waals surface area contributed by atoms with Crippen molar-refractivity contribution < 1.29 is 9.59 Å². The number of hydrogen-bond donors (Lipinski definition) is 0. The highest BCUT2D eigenvalue weighted by atomic mass is 35.5. The van der Waals surface area contributed by atoms with Gasteiger partial charge in [-0.15, -0.1) is 23.2 Å². The second-order valence-electron chi connectivity index (χ2n) is 5.55. The Morgan fingerprint density at radius 2 is 1.91 bits per heavy atom. The van der Waals surface area contributed by atoms with Crippen LogP contribution >= 0.6 is 23.2 Å². The molecule has 0 N–H and O–H groups in total. The molecule has 0 unspecified atom stereocenters. The highest BCUT2D eigenvalue weighted by Gasteiger charge is 2.30. The Morgan fingerprint density at radius 3 is 2.50 bits per heavy atom. The molecule has 22 heavy (non-hydrogen) atoms. The average molecular weight is 346 g/mol. The van der Waals surface area contributed by atoms with E-state index < -0.39 is 0 Å². The number of alkyl halides is 2. The third-order valence-electron chi connectivity index (χ3n) is 3.71. The Balaban J connectivity index is 2.19. The number of rotatable bonds is 8. The van der Waals surface area contributed by atoms with Gasteiger partial charge in [-0.3, -0.25) is 14.5 Å². The highest BCUT2D eigenvalue weighted by Crippen LogP contribution is 2.40. The summed E-state index contributed by atoms with van der Waals surface area (Å²) in [6.45, 7) is 0. The van der Waals surface area contributed by atoms with Gasteiger partial charge in [0.1, 0.15) is 5.82 Å². The van der Waals surface area contributed by atoms with Gasteiger partial charge in [0.2, 0.25) is 11.8 Å². The Morgan fingerprint density at radius 1 is 1.27 bits per heavy atom. The van der Waals surface area contributed by atoms with E-state index in [1.807, 2.05) is 6.07 Å². The fraction of sp³-hybridized carbons (Fsp3) is 0.667. The van der Waals surface area contributed by atoms with Crippen LogP contribution in [-0.4, -0.2) is 40.4 Å². The van der Waals surface area contributed by atoms with Crippen molar-refractivity contribution in [1.82, 2.24) is 9.78 Å². The van der Waals surface area contributed by atoms with Gasteiger partial charge in [-0.1, -0.05) is 0 Å². The largest absolute Gasteiger partial charge is 0.300 e. The van der Waals surface area contributed by atoms with Gasteiger partial charge in [-0.2, -0.15) is 9.78 Å². The van der Waals surface area contributed by atoms with Crippen LogP contribution in [0.4, 0.5) is 5.82 Å². The number of hydrogen-bond acceptors (Lipinski definition) is 3. The number of halogens is 2. The van der Waals surface area contributed by atoms with Gasteiger partial charge in [0.15, 0.2) is 0 Å². The molecule has 1 saturated carbocycles. The zero-order valence-corrected chi connectivity index (χ0v) is 14.2. The molecule has 0 bridgehead atoms. The Labute approximate surface area is 140 Å². The molecule has 0 radical (unpaired) electrons. The molecule has 2 rings (SSSR count). The zero-order chi connectivity index (χ0) is 16.1. The van der Waals surface area contributed by atoms with Crippen molar-refractivity contribution in [3.8, 4) is 0 Å². The van der Waals surface area contributed by atoms with Crippen molar-refractivity contribution in [2.45, 2.75) is 44.4 Å². The van der Waals surface area contributed by atoms with Gasteiger partial charge < -0.3 is 0 Å². The molecule has 0 aromatic carbocycles. The molecule has 122 valence electrons. The summed E-state index contributed by atoms with van der Waals surface area (Å²) in [5.41, 5.74) is 0.895. The molecule has 1 aliphatic carbocycles. The first kappa shape index (κ1) is 17.3. The second kappa shape index (κ2) is 7.97. The summed E-state index contributed by atoms with van der Waals surface area (Å²) in [7, 11) is 1.68. The van der Waals surface area contributed by atoms with E-state index in [0.29, 0.717) is 49.2 Å². The van der Waals surface area contributed by atoms with E-state index in [-0.39, 0.29) is 11.8 Å². The summed E-state index contributed by atoms with van der Waals surface area (Å²) in [5.74, 6) is 1.66. The summed E-state index contributed by atoms with van der Waals surface area (Å²) in [6, 6.07) is 1.86. The monoisotopic (exact) mass is 345 g/mol. The smallest absolute Gasteiger partial charge is 0.248 e. The summed E-state index contributed by atoms with van der Waals surface area (Å²) in [4.78, 5) is 26.0. The molecular weight excluding hydrogens is 325 g/mol. The van der Waals surface area contributed by atoms with E-state index in [1.54, 1.807) is 7.05 Å². The molecule has 5 nitrogen and oxygen atoms in total. The van der Waals surface area contributed by atoms with Crippen LogP contribution in [0.2, 0.25) is 0 Å². The van der Waals surface area contributed by atoms with E-state index in [2.05, 4.69) is 5.10 Å². The number of carbonyl (C=O) groups is 2. The predicted molar refractivity (Wildman–Crippen MR) is 88.1 cm³/mol. The quantitative estimate of drug-likeness (QED) is 0.678. The lowest BCUT2D eigenvalue weighted by atomic mass is 10.2.